The molecule has 9 nitrogen and oxygen atoms in total. The summed E-state index contributed by atoms with van der Waals surface area (Å²) >= 11 is 1.55. The van der Waals surface area contributed by atoms with E-state index in [4.69, 9.17) is 15.0 Å². The number of thioether (sulfide) groups is 1. The Balaban J connectivity index is 0.000000429. The molecule has 13 heteroatoms. The number of nitrogens with zero attached hydrogens (tertiary/aromatic N) is 4. The van der Waals surface area contributed by atoms with Crippen molar-refractivity contribution in [2.45, 2.75) is 48.1 Å². The summed E-state index contributed by atoms with van der Waals surface area (Å²) in [5, 5.41) is 27.4. The SMILES string of the molecule is CN1CCN(c2ccc(C3CCC(Sc4n[nH]nc4C(=O)O)CC3)cc2)CC1.O=C(O)C(F)(F)F. The van der Waals surface area contributed by atoms with E-state index in [1.165, 1.54) is 11.3 Å². The number of alkyl halides is 3. The fraction of sp³-hybridized carbons (Fsp3) is 0.545. The first-order valence-corrected chi connectivity index (χ1v) is 12.1. The van der Waals surface area contributed by atoms with Crippen molar-refractivity contribution in [3.8, 4) is 0 Å². The lowest BCUT2D eigenvalue weighted by molar-refractivity contribution is -0.192. The molecule has 0 radical (unpaired) electrons. The lowest BCUT2D eigenvalue weighted by Gasteiger charge is -2.34. The average molecular weight is 516 g/mol. The molecule has 1 aliphatic carbocycles. The molecule has 3 N–H and O–H groups in total. The Bertz CT molecular complexity index is 986. The molecule has 1 saturated carbocycles. The number of aromatic amines is 1. The topological polar surface area (TPSA) is 123 Å². The lowest BCUT2D eigenvalue weighted by atomic mass is 9.84. The molecule has 0 atom stereocenters. The van der Waals surface area contributed by atoms with Gasteiger partial charge in [-0.2, -0.15) is 18.4 Å². The van der Waals surface area contributed by atoms with Gasteiger partial charge in [0.2, 0.25) is 5.69 Å². The van der Waals surface area contributed by atoms with Crippen LogP contribution in [0.2, 0.25) is 0 Å². The van der Waals surface area contributed by atoms with Gasteiger partial charge >= 0.3 is 18.1 Å². The number of aromatic carboxylic acids is 1. The Morgan fingerprint density at radius 1 is 1.00 bits per heavy atom. The van der Waals surface area contributed by atoms with Gasteiger partial charge in [0.1, 0.15) is 0 Å². The molecule has 0 bridgehead atoms. The summed E-state index contributed by atoms with van der Waals surface area (Å²) in [6.45, 7) is 4.44. The van der Waals surface area contributed by atoms with Crippen LogP contribution < -0.4 is 4.90 Å². The Labute approximate surface area is 204 Å². The van der Waals surface area contributed by atoms with Gasteiger partial charge in [-0.05, 0) is 56.3 Å². The number of carboxylic acids is 2. The predicted molar refractivity (Wildman–Crippen MR) is 124 cm³/mol. The van der Waals surface area contributed by atoms with Crippen molar-refractivity contribution in [2.24, 2.45) is 0 Å². The van der Waals surface area contributed by atoms with Gasteiger partial charge in [0.05, 0.1) is 0 Å². The minimum Gasteiger partial charge on any atom is -0.476 e. The fourth-order valence-electron chi connectivity index (χ4n) is 4.14. The molecule has 1 aliphatic heterocycles. The van der Waals surface area contributed by atoms with Crippen molar-refractivity contribution < 1.29 is 33.0 Å². The number of hydrogen-bond acceptors (Lipinski definition) is 7. The van der Waals surface area contributed by atoms with Crippen LogP contribution in [0.3, 0.4) is 0 Å². The number of anilines is 1. The van der Waals surface area contributed by atoms with Crippen LogP contribution >= 0.6 is 11.8 Å². The largest absolute Gasteiger partial charge is 0.490 e. The molecule has 4 rings (SSSR count). The molecule has 0 amide bonds. The van der Waals surface area contributed by atoms with E-state index in [2.05, 4.69) is 56.5 Å². The molecule has 2 aliphatic rings. The van der Waals surface area contributed by atoms with E-state index >= 15 is 0 Å². The van der Waals surface area contributed by atoms with E-state index in [1.807, 2.05) is 0 Å². The van der Waals surface area contributed by atoms with Gasteiger partial charge in [0.15, 0.2) is 5.03 Å². The Morgan fingerprint density at radius 2 is 1.57 bits per heavy atom. The highest BCUT2D eigenvalue weighted by atomic mass is 32.2. The van der Waals surface area contributed by atoms with Crippen molar-refractivity contribution in [3.63, 3.8) is 0 Å². The van der Waals surface area contributed by atoms with Crippen LogP contribution in [0.4, 0.5) is 18.9 Å². The number of hydrogen-bond donors (Lipinski definition) is 3. The number of carbonyl (C=O) groups is 2. The summed E-state index contributed by atoms with van der Waals surface area (Å²) < 4.78 is 31.7. The maximum absolute atomic E-state index is 11.2. The zero-order valence-corrected chi connectivity index (χ0v) is 20.0. The maximum atomic E-state index is 11.2. The van der Waals surface area contributed by atoms with Gasteiger partial charge in [-0.25, -0.2) is 9.59 Å². The number of benzene rings is 1. The van der Waals surface area contributed by atoms with E-state index in [1.54, 1.807) is 11.8 Å². The molecular formula is C22H28F3N5O4S. The summed E-state index contributed by atoms with van der Waals surface area (Å²) in [5.41, 5.74) is 2.79. The van der Waals surface area contributed by atoms with Gasteiger partial charge in [0.25, 0.3) is 0 Å². The van der Waals surface area contributed by atoms with Gasteiger partial charge < -0.3 is 20.0 Å². The predicted octanol–water partition coefficient (Wildman–Crippen LogP) is 3.71. The van der Waals surface area contributed by atoms with Gasteiger partial charge in [0, 0.05) is 37.1 Å². The minimum absolute atomic E-state index is 0.0339. The summed E-state index contributed by atoms with van der Waals surface area (Å²) in [6.07, 6.45) is -0.680. The standard InChI is InChI=1S/C20H27N5O2S.C2HF3O2/c1-24-10-12-25(13-11-24)16-6-2-14(3-7-16)15-4-8-17(9-5-15)28-19-18(20(26)27)21-23-22-19;3-2(4,5)1(6)7/h2-3,6-7,15,17H,4-5,8-13H2,1H3,(H,26,27)(H,21,22,23);(H,6,7). The van der Waals surface area contributed by atoms with Crippen molar-refractivity contribution in [3.05, 3.63) is 35.5 Å². The van der Waals surface area contributed by atoms with Crippen LogP contribution in [0.25, 0.3) is 0 Å². The number of rotatable bonds is 5. The molecule has 0 spiro atoms. The lowest BCUT2D eigenvalue weighted by Crippen LogP contribution is -2.44. The van der Waals surface area contributed by atoms with E-state index < -0.39 is 18.1 Å². The molecule has 2 heterocycles. The quantitative estimate of drug-likeness (QED) is 0.547. The van der Waals surface area contributed by atoms with Crippen LogP contribution in [0.15, 0.2) is 29.3 Å². The minimum atomic E-state index is -5.08. The molecule has 1 aromatic carbocycles. The number of carboxylic acid groups (broad SMARTS) is 2. The number of piperazine rings is 1. The summed E-state index contributed by atoms with van der Waals surface area (Å²) in [4.78, 5) is 24.9. The zero-order chi connectivity index (χ0) is 25.6. The second-order valence-electron chi connectivity index (χ2n) is 8.56. The van der Waals surface area contributed by atoms with Crippen molar-refractivity contribution in [1.82, 2.24) is 20.3 Å². The molecular weight excluding hydrogens is 487 g/mol. The average Bonchev–Trinajstić information content (AvgIpc) is 3.29. The highest BCUT2D eigenvalue weighted by Gasteiger charge is 2.38. The number of aromatic nitrogens is 3. The normalized spacial score (nSPS) is 21.2. The van der Waals surface area contributed by atoms with Crippen LogP contribution in [0.1, 0.15) is 47.7 Å². The van der Waals surface area contributed by atoms with Crippen LogP contribution in [0.5, 0.6) is 0 Å². The molecule has 0 unspecified atom stereocenters. The fourth-order valence-corrected chi connectivity index (χ4v) is 5.30. The van der Waals surface area contributed by atoms with E-state index in [-0.39, 0.29) is 5.69 Å². The molecule has 1 saturated heterocycles. The highest BCUT2D eigenvalue weighted by molar-refractivity contribution is 7.99. The summed E-state index contributed by atoms with van der Waals surface area (Å²) in [6, 6.07) is 9.14. The third kappa shape index (κ3) is 7.59. The Hall–Kier alpha value is -2.80. The van der Waals surface area contributed by atoms with Crippen LogP contribution in [0, 0.1) is 0 Å². The number of nitrogens with one attached hydrogen (secondary N) is 1. The third-order valence-corrected chi connectivity index (χ3v) is 7.46. The molecule has 192 valence electrons. The van der Waals surface area contributed by atoms with Crippen molar-refractivity contribution in [2.75, 3.05) is 38.1 Å². The van der Waals surface area contributed by atoms with Crippen LogP contribution in [-0.4, -0.2) is 87.1 Å². The first-order valence-electron chi connectivity index (χ1n) is 11.2. The molecule has 1 aromatic heterocycles. The molecule has 2 aromatic rings. The maximum Gasteiger partial charge on any atom is 0.490 e. The van der Waals surface area contributed by atoms with Gasteiger partial charge in [-0.3, -0.25) is 0 Å². The summed E-state index contributed by atoms with van der Waals surface area (Å²) in [5.74, 6) is -3.19. The Kier molecular flexibility index (Phi) is 9.00. The highest BCUT2D eigenvalue weighted by Crippen LogP contribution is 2.40. The van der Waals surface area contributed by atoms with Gasteiger partial charge in [-0.1, -0.05) is 23.9 Å². The second-order valence-corrected chi connectivity index (χ2v) is 9.85. The van der Waals surface area contributed by atoms with Crippen molar-refractivity contribution in [1.29, 1.82) is 0 Å². The van der Waals surface area contributed by atoms with Gasteiger partial charge in [-0.15, -0.1) is 10.2 Å². The number of aliphatic carboxylic acids is 1. The smallest absolute Gasteiger partial charge is 0.476 e. The summed E-state index contributed by atoms with van der Waals surface area (Å²) in [7, 11) is 2.18. The van der Waals surface area contributed by atoms with E-state index in [0.717, 1.165) is 51.9 Å². The Morgan fingerprint density at radius 3 is 2.09 bits per heavy atom. The number of likely N-dealkylation sites (N-methyl/N-ethyl adjacent to an activating group) is 1. The van der Waals surface area contributed by atoms with E-state index in [9.17, 15) is 18.0 Å². The van der Waals surface area contributed by atoms with Crippen LogP contribution in [-0.2, 0) is 4.79 Å². The van der Waals surface area contributed by atoms with Crippen molar-refractivity contribution >= 4 is 29.4 Å². The number of halogens is 3. The molecule has 2 fully saturated rings. The number of H-pyrrole nitrogens is 1. The first kappa shape index (κ1) is 26.8. The molecule has 35 heavy (non-hydrogen) atoms. The first-order chi connectivity index (χ1) is 16.5. The van der Waals surface area contributed by atoms with E-state index in [0.29, 0.717) is 16.2 Å². The monoisotopic (exact) mass is 515 g/mol. The third-order valence-electron chi connectivity index (χ3n) is 6.15. The second kappa shape index (κ2) is 11.8. The zero-order valence-electron chi connectivity index (χ0n) is 19.2.